The highest BCUT2D eigenvalue weighted by Gasteiger charge is 2.12. The second-order valence-electron chi connectivity index (χ2n) is 4.21. The van der Waals surface area contributed by atoms with Crippen LogP contribution in [0.25, 0.3) is 6.08 Å². The van der Waals surface area contributed by atoms with Gasteiger partial charge in [-0.1, -0.05) is 18.2 Å². The summed E-state index contributed by atoms with van der Waals surface area (Å²) in [6, 6.07) is 11.0. The molecule has 1 aromatic heterocycles. The molecule has 106 valence electrons. The molecule has 0 saturated carbocycles. The van der Waals surface area contributed by atoms with E-state index in [-0.39, 0.29) is 5.57 Å². The van der Waals surface area contributed by atoms with E-state index in [9.17, 15) is 4.79 Å². The SMILES string of the molecule is Cc1ccccc1NC(=O)/C(C#N)=C\c1cc(Br)c(I)o1. The average molecular weight is 457 g/mol. The Bertz CT molecular complexity index is 740. The first-order valence-corrected chi connectivity index (χ1v) is 7.82. The highest BCUT2D eigenvalue weighted by atomic mass is 127. The normalized spacial score (nSPS) is 11.0. The van der Waals surface area contributed by atoms with Gasteiger partial charge in [0.05, 0.1) is 4.47 Å². The Morgan fingerprint density at radius 3 is 2.76 bits per heavy atom. The van der Waals surface area contributed by atoms with Crippen LogP contribution < -0.4 is 5.32 Å². The van der Waals surface area contributed by atoms with Crippen LogP contribution in [0.1, 0.15) is 11.3 Å². The van der Waals surface area contributed by atoms with Crippen LogP contribution in [0.15, 0.2) is 44.8 Å². The molecule has 21 heavy (non-hydrogen) atoms. The molecule has 0 unspecified atom stereocenters. The summed E-state index contributed by atoms with van der Waals surface area (Å²) in [7, 11) is 0. The van der Waals surface area contributed by atoms with E-state index in [1.165, 1.54) is 6.08 Å². The van der Waals surface area contributed by atoms with Gasteiger partial charge in [0.25, 0.3) is 5.91 Å². The van der Waals surface area contributed by atoms with Gasteiger partial charge in [-0.05, 0) is 40.5 Å². The quantitative estimate of drug-likeness (QED) is 0.420. The monoisotopic (exact) mass is 456 g/mol. The van der Waals surface area contributed by atoms with E-state index < -0.39 is 5.91 Å². The number of rotatable bonds is 3. The minimum atomic E-state index is -0.464. The number of benzene rings is 1. The number of aryl methyl sites for hydroxylation is 1. The first-order valence-electron chi connectivity index (χ1n) is 5.95. The number of hydrogen-bond acceptors (Lipinski definition) is 3. The van der Waals surface area contributed by atoms with Crippen molar-refractivity contribution in [2.75, 3.05) is 5.32 Å². The van der Waals surface area contributed by atoms with E-state index in [1.54, 1.807) is 12.1 Å². The largest absolute Gasteiger partial charge is 0.450 e. The van der Waals surface area contributed by atoms with Crippen LogP contribution in [0.2, 0.25) is 0 Å². The van der Waals surface area contributed by atoms with Crippen molar-refractivity contribution < 1.29 is 9.21 Å². The zero-order valence-electron chi connectivity index (χ0n) is 11.0. The molecule has 1 amide bonds. The molecule has 6 heteroatoms. The smallest absolute Gasteiger partial charge is 0.266 e. The highest BCUT2D eigenvalue weighted by molar-refractivity contribution is 14.1. The fraction of sp³-hybridized carbons (Fsp3) is 0.0667. The summed E-state index contributed by atoms with van der Waals surface area (Å²) >= 11 is 5.33. The van der Waals surface area contributed by atoms with Gasteiger partial charge in [-0.3, -0.25) is 4.79 Å². The molecule has 2 aromatic rings. The van der Waals surface area contributed by atoms with Crippen molar-refractivity contribution in [3.63, 3.8) is 0 Å². The van der Waals surface area contributed by atoms with E-state index in [4.69, 9.17) is 9.68 Å². The molecule has 1 heterocycles. The number of carbonyl (C=O) groups is 1. The molecule has 2 rings (SSSR count). The molecule has 0 atom stereocenters. The Kier molecular flexibility index (Phi) is 5.20. The molecule has 1 N–H and O–H groups in total. The second-order valence-corrected chi connectivity index (χ2v) is 6.04. The van der Waals surface area contributed by atoms with Crippen LogP contribution >= 0.6 is 38.5 Å². The number of anilines is 1. The third-order valence-corrected chi connectivity index (χ3v) is 4.84. The van der Waals surface area contributed by atoms with E-state index >= 15 is 0 Å². The molecule has 0 saturated heterocycles. The van der Waals surface area contributed by atoms with Gasteiger partial charge >= 0.3 is 0 Å². The van der Waals surface area contributed by atoms with E-state index in [1.807, 2.05) is 53.8 Å². The number of furan rings is 1. The maximum Gasteiger partial charge on any atom is 0.266 e. The number of carbonyl (C=O) groups excluding carboxylic acids is 1. The standard InChI is InChI=1S/C15H10BrIN2O2/c1-9-4-2-3-5-13(9)19-15(20)10(8-18)6-11-7-12(16)14(17)21-11/h2-7H,1H3,(H,19,20)/b10-6-. The summed E-state index contributed by atoms with van der Waals surface area (Å²) in [5.74, 6) is -0.0166. The van der Waals surface area contributed by atoms with E-state index in [0.29, 0.717) is 15.2 Å². The van der Waals surface area contributed by atoms with Crippen molar-refractivity contribution in [1.82, 2.24) is 0 Å². The Labute approximate surface area is 144 Å². The summed E-state index contributed by atoms with van der Waals surface area (Å²) in [6.07, 6.45) is 1.42. The number of hydrogen-bond donors (Lipinski definition) is 1. The number of nitriles is 1. The maximum absolute atomic E-state index is 12.1. The maximum atomic E-state index is 12.1. The Morgan fingerprint density at radius 2 is 2.19 bits per heavy atom. The van der Waals surface area contributed by atoms with Crippen LogP contribution in [-0.4, -0.2) is 5.91 Å². The summed E-state index contributed by atoms with van der Waals surface area (Å²) < 4.78 is 6.85. The first-order chi connectivity index (χ1) is 10.0. The second kappa shape index (κ2) is 6.91. The average Bonchev–Trinajstić information content (AvgIpc) is 2.77. The van der Waals surface area contributed by atoms with Gasteiger partial charge in [0.1, 0.15) is 17.4 Å². The van der Waals surface area contributed by atoms with Crippen LogP contribution in [0.3, 0.4) is 0 Å². The van der Waals surface area contributed by atoms with Gasteiger partial charge in [-0.25, -0.2) is 0 Å². The predicted octanol–water partition coefficient (Wildman–Crippen LogP) is 4.50. The summed E-state index contributed by atoms with van der Waals surface area (Å²) in [6.45, 7) is 1.89. The van der Waals surface area contributed by atoms with Gasteiger partial charge in [0.15, 0.2) is 3.77 Å². The van der Waals surface area contributed by atoms with Crippen LogP contribution in [-0.2, 0) is 4.79 Å². The lowest BCUT2D eigenvalue weighted by atomic mass is 10.2. The minimum Gasteiger partial charge on any atom is -0.450 e. The molecule has 0 aliphatic rings. The van der Waals surface area contributed by atoms with E-state index in [0.717, 1.165) is 10.0 Å². The number of halogens is 2. The number of nitrogens with one attached hydrogen (secondary N) is 1. The summed E-state index contributed by atoms with van der Waals surface area (Å²) in [5.41, 5.74) is 1.59. The number of amides is 1. The number of para-hydroxylation sites is 1. The zero-order chi connectivity index (χ0) is 15.4. The molecule has 1 aromatic carbocycles. The zero-order valence-corrected chi connectivity index (χ0v) is 14.7. The third-order valence-electron chi connectivity index (χ3n) is 2.71. The Balaban J connectivity index is 2.24. The van der Waals surface area contributed by atoms with Gasteiger partial charge < -0.3 is 9.73 Å². The van der Waals surface area contributed by atoms with Crippen molar-refractivity contribution in [2.45, 2.75) is 6.92 Å². The van der Waals surface area contributed by atoms with Crippen LogP contribution in [0, 0.1) is 22.0 Å². The number of nitrogens with zero attached hydrogens (tertiary/aromatic N) is 1. The van der Waals surface area contributed by atoms with Crippen molar-refractivity contribution >= 4 is 56.2 Å². The lowest BCUT2D eigenvalue weighted by Gasteiger charge is -2.06. The molecule has 0 aliphatic heterocycles. The molecule has 0 spiro atoms. The molecular formula is C15H10BrIN2O2. The van der Waals surface area contributed by atoms with Gasteiger partial charge in [-0.2, -0.15) is 5.26 Å². The predicted molar refractivity (Wildman–Crippen MR) is 92.5 cm³/mol. The highest BCUT2D eigenvalue weighted by Crippen LogP contribution is 2.24. The topological polar surface area (TPSA) is 66.0 Å². The van der Waals surface area contributed by atoms with E-state index in [2.05, 4.69) is 21.2 Å². The fourth-order valence-electron chi connectivity index (χ4n) is 1.63. The Morgan fingerprint density at radius 1 is 1.48 bits per heavy atom. The van der Waals surface area contributed by atoms with Gasteiger partial charge in [-0.15, -0.1) is 0 Å². The first kappa shape index (κ1) is 15.8. The molecule has 0 bridgehead atoms. The van der Waals surface area contributed by atoms with Gasteiger partial charge in [0, 0.05) is 34.4 Å². The fourth-order valence-corrected chi connectivity index (χ4v) is 2.34. The molecule has 0 fully saturated rings. The Hall–Kier alpha value is -1.59. The molecule has 0 aliphatic carbocycles. The lowest BCUT2D eigenvalue weighted by Crippen LogP contribution is -2.14. The summed E-state index contributed by atoms with van der Waals surface area (Å²) in [5, 5.41) is 11.9. The van der Waals surface area contributed by atoms with Crippen molar-refractivity contribution in [2.24, 2.45) is 0 Å². The van der Waals surface area contributed by atoms with Crippen molar-refractivity contribution in [3.05, 3.63) is 55.5 Å². The van der Waals surface area contributed by atoms with Crippen molar-refractivity contribution in [3.8, 4) is 6.07 Å². The molecule has 4 nitrogen and oxygen atoms in total. The molecular weight excluding hydrogens is 447 g/mol. The van der Waals surface area contributed by atoms with Gasteiger partial charge in [0.2, 0.25) is 0 Å². The minimum absolute atomic E-state index is 0.0177. The van der Waals surface area contributed by atoms with Crippen LogP contribution in [0.5, 0.6) is 0 Å². The lowest BCUT2D eigenvalue weighted by molar-refractivity contribution is -0.112. The van der Waals surface area contributed by atoms with Crippen molar-refractivity contribution in [1.29, 1.82) is 5.26 Å². The summed E-state index contributed by atoms with van der Waals surface area (Å²) in [4.78, 5) is 12.1. The molecule has 0 radical (unpaired) electrons. The third kappa shape index (κ3) is 3.95. The van der Waals surface area contributed by atoms with Crippen LogP contribution in [0.4, 0.5) is 5.69 Å².